The summed E-state index contributed by atoms with van der Waals surface area (Å²) in [5, 5.41) is 3.53. The number of nitrogens with one attached hydrogen (secondary N) is 2. The van der Waals surface area contributed by atoms with E-state index < -0.39 is 10.0 Å². The van der Waals surface area contributed by atoms with Gasteiger partial charge in [-0.05, 0) is 44.0 Å². The van der Waals surface area contributed by atoms with Crippen molar-refractivity contribution in [3.05, 3.63) is 27.7 Å². The van der Waals surface area contributed by atoms with E-state index in [-0.39, 0.29) is 16.0 Å². The van der Waals surface area contributed by atoms with Gasteiger partial charge < -0.3 is 5.32 Å². The third-order valence-corrected chi connectivity index (χ3v) is 5.87. The molecule has 0 saturated heterocycles. The zero-order valence-electron chi connectivity index (χ0n) is 12.1. The second-order valence-corrected chi connectivity index (χ2v) is 8.11. The quantitative estimate of drug-likeness (QED) is 0.793. The van der Waals surface area contributed by atoms with Gasteiger partial charge in [-0.25, -0.2) is 13.1 Å². The topological polar surface area (TPSA) is 58.2 Å². The first-order valence-electron chi connectivity index (χ1n) is 6.98. The molecule has 2 N–H and O–H groups in total. The van der Waals surface area contributed by atoms with Gasteiger partial charge in [0, 0.05) is 17.6 Å². The van der Waals surface area contributed by atoms with Crippen LogP contribution in [0.3, 0.4) is 0 Å². The molecule has 1 fully saturated rings. The summed E-state index contributed by atoms with van der Waals surface area (Å²) >= 11 is 12.2. The van der Waals surface area contributed by atoms with E-state index in [2.05, 4.69) is 10.0 Å². The molecule has 4 nitrogen and oxygen atoms in total. The van der Waals surface area contributed by atoms with Crippen molar-refractivity contribution in [3.8, 4) is 0 Å². The normalized spacial score (nSPS) is 17.0. The van der Waals surface area contributed by atoms with Crippen LogP contribution in [0.5, 0.6) is 0 Å². The van der Waals surface area contributed by atoms with Gasteiger partial charge in [0.15, 0.2) is 0 Å². The molecule has 0 radical (unpaired) electrons. The summed E-state index contributed by atoms with van der Waals surface area (Å²) < 4.78 is 27.7. The Balaban J connectivity index is 2.25. The fraction of sp³-hybridized carbons (Fsp3) is 0.571. The number of hydrogen-bond donors (Lipinski definition) is 2. The highest BCUT2D eigenvalue weighted by atomic mass is 35.5. The molecule has 0 heterocycles. The lowest BCUT2D eigenvalue weighted by Crippen LogP contribution is -2.33. The van der Waals surface area contributed by atoms with E-state index in [4.69, 9.17) is 23.2 Å². The molecule has 1 aliphatic rings. The van der Waals surface area contributed by atoms with Gasteiger partial charge in [-0.3, -0.25) is 0 Å². The van der Waals surface area contributed by atoms with E-state index in [9.17, 15) is 8.42 Å². The second kappa shape index (κ2) is 6.84. The summed E-state index contributed by atoms with van der Waals surface area (Å²) in [6.07, 6.45) is 3.24. The number of halogens is 2. The van der Waals surface area contributed by atoms with Gasteiger partial charge >= 0.3 is 0 Å². The predicted octanol–water partition coefficient (Wildman–Crippen LogP) is 3.18. The van der Waals surface area contributed by atoms with Crippen LogP contribution in [0.15, 0.2) is 17.0 Å². The average Bonchev–Trinajstić information content (AvgIpc) is 3.16. The maximum Gasteiger partial charge on any atom is 0.242 e. The van der Waals surface area contributed by atoms with Crippen LogP contribution in [0.2, 0.25) is 10.0 Å². The average molecular weight is 351 g/mol. The molecule has 1 atom stereocenters. The lowest BCUT2D eigenvalue weighted by molar-refractivity contribution is 0.530. The van der Waals surface area contributed by atoms with Crippen LogP contribution >= 0.6 is 23.2 Å². The molecule has 1 unspecified atom stereocenters. The first-order chi connectivity index (χ1) is 9.83. The number of hydrogen-bond acceptors (Lipinski definition) is 3. The highest BCUT2D eigenvalue weighted by Gasteiger charge is 2.27. The van der Waals surface area contributed by atoms with Crippen LogP contribution in [0.1, 0.15) is 31.7 Å². The van der Waals surface area contributed by atoms with Crippen molar-refractivity contribution in [1.29, 1.82) is 0 Å². The molecular formula is C14H20Cl2N2O2S. The second-order valence-electron chi connectivity index (χ2n) is 5.61. The highest BCUT2D eigenvalue weighted by molar-refractivity contribution is 7.89. The van der Waals surface area contributed by atoms with E-state index in [1.165, 1.54) is 18.9 Å². The fourth-order valence-electron chi connectivity index (χ4n) is 2.36. The van der Waals surface area contributed by atoms with Crippen molar-refractivity contribution in [2.24, 2.45) is 5.92 Å². The third-order valence-electron chi connectivity index (χ3n) is 3.48. The zero-order chi connectivity index (χ0) is 15.6. The third kappa shape index (κ3) is 4.57. The summed E-state index contributed by atoms with van der Waals surface area (Å²) in [4.78, 5) is 0.0459. The Morgan fingerprint density at radius 1 is 1.33 bits per heavy atom. The molecule has 0 spiro atoms. The molecule has 0 aliphatic heterocycles. The smallest absolute Gasteiger partial charge is 0.242 e. The maximum atomic E-state index is 12.5. The minimum Gasteiger partial charge on any atom is -0.316 e. The summed E-state index contributed by atoms with van der Waals surface area (Å²) in [5.74, 6) is 0.650. The van der Waals surface area contributed by atoms with Crippen LogP contribution in [0.25, 0.3) is 0 Å². The Kier molecular flexibility index (Phi) is 5.54. The minimum atomic E-state index is -3.67. The maximum absolute atomic E-state index is 12.5. The lowest BCUT2D eigenvalue weighted by atomic mass is 10.2. The van der Waals surface area contributed by atoms with Crippen LogP contribution in [0, 0.1) is 5.92 Å². The Bertz CT molecular complexity index is 616. The molecule has 0 aromatic heterocycles. The van der Waals surface area contributed by atoms with E-state index >= 15 is 0 Å². The van der Waals surface area contributed by atoms with E-state index in [1.54, 1.807) is 13.1 Å². The number of rotatable bonds is 7. The molecular weight excluding hydrogens is 331 g/mol. The molecule has 118 valence electrons. The van der Waals surface area contributed by atoms with Gasteiger partial charge in [-0.1, -0.05) is 36.0 Å². The number of benzene rings is 1. The molecule has 2 rings (SSSR count). The van der Waals surface area contributed by atoms with Crippen LogP contribution in [0.4, 0.5) is 0 Å². The molecule has 1 aromatic rings. The summed E-state index contributed by atoms with van der Waals surface area (Å²) in [6.45, 7) is 2.34. The van der Waals surface area contributed by atoms with E-state index in [1.807, 2.05) is 6.92 Å². The molecule has 0 amide bonds. The monoisotopic (exact) mass is 350 g/mol. The minimum absolute atomic E-state index is 0.0459. The van der Waals surface area contributed by atoms with Gasteiger partial charge in [-0.2, -0.15) is 0 Å². The molecule has 1 aliphatic carbocycles. The first-order valence-corrected chi connectivity index (χ1v) is 9.22. The van der Waals surface area contributed by atoms with Crippen molar-refractivity contribution >= 4 is 33.2 Å². The van der Waals surface area contributed by atoms with Crippen molar-refractivity contribution in [1.82, 2.24) is 10.0 Å². The highest BCUT2D eigenvalue weighted by Crippen LogP contribution is 2.34. The van der Waals surface area contributed by atoms with Crippen LogP contribution < -0.4 is 10.0 Å². The van der Waals surface area contributed by atoms with Crippen LogP contribution in [-0.2, 0) is 16.6 Å². The fourth-order valence-corrected chi connectivity index (χ4v) is 4.55. The summed E-state index contributed by atoms with van der Waals surface area (Å²) in [5.41, 5.74) is 0.668. The standard InChI is InChI=1S/C14H20Cl2N2O2S/c1-9(5-10-3-4-10)18-21(19,20)13-7-12(15)6-11(8-17-2)14(13)16/h6-7,9-10,17-18H,3-5,8H2,1-2H3. The largest absolute Gasteiger partial charge is 0.316 e. The molecule has 21 heavy (non-hydrogen) atoms. The number of sulfonamides is 1. The van der Waals surface area contributed by atoms with Gasteiger partial charge in [0.05, 0.1) is 5.02 Å². The molecule has 1 aromatic carbocycles. The predicted molar refractivity (Wildman–Crippen MR) is 86.4 cm³/mol. The van der Waals surface area contributed by atoms with Gasteiger partial charge in [0.2, 0.25) is 10.0 Å². The Hall–Kier alpha value is -0.330. The van der Waals surface area contributed by atoms with Crippen molar-refractivity contribution in [2.75, 3.05) is 7.05 Å². The molecule has 0 bridgehead atoms. The summed E-state index contributed by atoms with van der Waals surface area (Å²) in [6, 6.07) is 2.97. The van der Waals surface area contributed by atoms with Gasteiger partial charge in [-0.15, -0.1) is 0 Å². The van der Waals surface area contributed by atoms with Crippen molar-refractivity contribution in [2.45, 2.75) is 43.7 Å². The van der Waals surface area contributed by atoms with Crippen LogP contribution in [-0.4, -0.2) is 21.5 Å². The first kappa shape index (κ1) is 17.0. The van der Waals surface area contributed by atoms with E-state index in [0.717, 1.165) is 6.42 Å². The zero-order valence-corrected chi connectivity index (χ0v) is 14.4. The lowest BCUT2D eigenvalue weighted by Gasteiger charge is -2.16. The van der Waals surface area contributed by atoms with E-state index in [0.29, 0.717) is 23.0 Å². The molecule has 7 heteroatoms. The molecule has 1 saturated carbocycles. The SMILES string of the molecule is CNCc1cc(Cl)cc(S(=O)(=O)NC(C)CC2CC2)c1Cl. The van der Waals surface area contributed by atoms with Gasteiger partial charge in [0.1, 0.15) is 4.90 Å². The Labute approximate surface area is 136 Å². The van der Waals surface area contributed by atoms with Crippen molar-refractivity contribution < 1.29 is 8.42 Å². The van der Waals surface area contributed by atoms with Gasteiger partial charge in [0.25, 0.3) is 0 Å². The summed E-state index contributed by atoms with van der Waals surface area (Å²) in [7, 11) is -1.90. The van der Waals surface area contributed by atoms with Crippen molar-refractivity contribution in [3.63, 3.8) is 0 Å². The Morgan fingerprint density at radius 2 is 2.00 bits per heavy atom. The Morgan fingerprint density at radius 3 is 2.57 bits per heavy atom.